The highest BCUT2D eigenvalue weighted by Crippen LogP contribution is 2.22. The van der Waals surface area contributed by atoms with Crippen LogP contribution >= 0.6 is 0 Å². The van der Waals surface area contributed by atoms with Crippen LogP contribution in [0.4, 0.5) is 14.5 Å². The third-order valence-electron chi connectivity index (χ3n) is 5.42. The minimum atomic E-state index is -3.80. The van der Waals surface area contributed by atoms with Crippen LogP contribution in [0.15, 0.2) is 48.5 Å². The molecule has 2 amide bonds. The first-order valence-electron chi connectivity index (χ1n) is 11.8. The van der Waals surface area contributed by atoms with E-state index in [1.165, 1.54) is 41.3 Å². The molecule has 0 unspecified atom stereocenters. The molecule has 2 aromatic rings. The van der Waals surface area contributed by atoms with E-state index in [-0.39, 0.29) is 43.4 Å². The lowest BCUT2D eigenvalue weighted by Crippen LogP contribution is -2.53. The molecule has 0 bridgehead atoms. The number of rotatable bonds is 11. The lowest BCUT2D eigenvalue weighted by molar-refractivity contribution is -0.142. The van der Waals surface area contributed by atoms with Gasteiger partial charge in [0, 0.05) is 25.0 Å². The van der Waals surface area contributed by atoms with Gasteiger partial charge in [-0.2, -0.15) is 0 Å². The van der Waals surface area contributed by atoms with Crippen molar-refractivity contribution >= 4 is 27.5 Å². The van der Waals surface area contributed by atoms with Crippen LogP contribution < -0.4 is 9.62 Å². The van der Waals surface area contributed by atoms with Gasteiger partial charge in [0.2, 0.25) is 21.8 Å². The molecule has 10 heteroatoms. The number of amides is 2. The molecular weight excluding hydrogens is 488 g/mol. The highest BCUT2D eigenvalue weighted by Gasteiger charge is 2.31. The fourth-order valence-electron chi connectivity index (χ4n) is 3.80. The molecule has 0 aliphatic heterocycles. The third kappa shape index (κ3) is 8.58. The number of carbonyl (C=O) groups is 2. The summed E-state index contributed by atoms with van der Waals surface area (Å²) >= 11 is 0. The van der Waals surface area contributed by atoms with Crippen molar-refractivity contribution in [1.82, 2.24) is 10.2 Å². The molecule has 198 valence electrons. The predicted octanol–water partition coefficient (Wildman–Crippen LogP) is 4.23. The summed E-state index contributed by atoms with van der Waals surface area (Å²) in [6, 6.07) is 10.4. The summed E-state index contributed by atoms with van der Waals surface area (Å²) in [6.45, 7) is 7.28. The first-order chi connectivity index (χ1) is 16.7. The quantitative estimate of drug-likeness (QED) is 0.478. The zero-order valence-corrected chi connectivity index (χ0v) is 22.2. The number of sulfonamides is 1. The maximum Gasteiger partial charge on any atom is 0.243 e. The van der Waals surface area contributed by atoms with Gasteiger partial charge in [-0.25, -0.2) is 17.2 Å². The summed E-state index contributed by atoms with van der Waals surface area (Å²) in [7, 11) is -3.80. The highest BCUT2D eigenvalue weighted by molar-refractivity contribution is 7.92. The molecule has 2 aromatic carbocycles. The zero-order valence-electron chi connectivity index (χ0n) is 21.4. The van der Waals surface area contributed by atoms with E-state index in [2.05, 4.69) is 5.32 Å². The largest absolute Gasteiger partial charge is 0.350 e. The van der Waals surface area contributed by atoms with E-state index in [1.807, 2.05) is 20.8 Å². The van der Waals surface area contributed by atoms with E-state index in [1.54, 1.807) is 19.1 Å². The molecular formula is C26H35F2N3O4S. The molecule has 0 fully saturated rings. The molecule has 7 nitrogen and oxygen atoms in total. The molecule has 0 heterocycles. The van der Waals surface area contributed by atoms with Crippen LogP contribution in [0.25, 0.3) is 0 Å². The number of anilines is 1. The molecule has 36 heavy (non-hydrogen) atoms. The normalized spacial score (nSPS) is 12.6. The Morgan fingerprint density at radius 2 is 1.64 bits per heavy atom. The Morgan fingerprint density at radius 1 is 1.03 bits per heavy atom. The highest BCUT2D eigenvalue weighted by atomic mass is 32.2. The van der Waals surface area contributed by atoms with Crippen LogP contribution in [-0.2, 0) is 26.2 Å². The second-order valence-electron chi connectivity index (χ2n) is 9.70. The van der Waals surface area contributed by atoms with Crippen molar-refractivity contribution in [3.8, 4) is 0 Å². The van der Waals surface area contributed by atoms with Gasteiger partial charge in [0.25, 0.3) is 0 Å². The average Bonchev–Trinajstić information content (AvgIpc) is 2.76. The second kappa shape index (κ2) is 12.3. The fourth-order valence-corrected chi connectivity index (χ4v) is 4.76. The van der Waals surface area contributed by atoms with Gasteiger partial charge in [-0.15, -0.1) is 0 Å². The standard InChI is InChI=1S/C26H35F2N3O4S/c1-6-22(25(33)29-26(2,3)4)30(18-19-13-15-20(27)16-14-19)24(32)12-9-17-31(36(5,34)35)23-11-8-7-10-21(23)28/h7-8,10-11,13-16,22H,6,9,12,17-18H2,1-5H3,(H,29,33)/t22-/m0/s1. The molecule has 1 atom stereocenters. The number of hydrogen-bond acceptors (Lipinski definition) is 4. The van der Waals surface area contributed by atoms with E-state index < -0.39 is 33.2 Å². The summed E-state index contributed by atoms with van der Waals surface area (Å²) in [5, 5.41) is 2.90. The van der Waals surface area contributed by atoms with Crippen molar-refractivity contribution in [2.45, 2.75) is 65.1 Å². The molecule has 0 spiro atoms. The molecule has 0 aliphatic rings. The van der Waals surface area contributed by atoms with Gasteiger partial charge in [-0.05, 0) is 63.4 Å². The SMILES string of the molecule is CC[C@@H](C(=O)NC(C)(C)C)N(Cc1ccc(F)cc1)C(=O)CCCN(c1ccccc1F)S(C)(=O)=O. The van der Waals surface area contributed by atoms with Crippen molar-refractivity contribution in [1.29, 1.82) is 0 Å². The monoisotopic (exact) mass is 523 g/mol. The Bertz CT molecular complexity index is 1150. The van der Waals surface area contributed by atoms with Crippen molar-refractivity contribution in [2.75, 3.05) is 17.1 Å². The van der Waals surface area contributed by atoms with Crippen LogP contribution in [0.1, 0.15) is 52.5 Å². The van der Waals surface area contributed by atoms with Crippen molar-refractivity contribution in [3.63, 3.8) is 0 Å². The Hall–Kier alpha value is -3.01. The van der Waals surface area contributed by atoms with Gasteiger partial charge in [-0.1, -0.05) is 31.2 Å². The molecule has 2 rings (SSSR count). The minimum Gasteiger partial charge on any atom is -0.350 e. The van der Waals surface area contributed by atoms with Crippen LogP contribution in [-0.4, -0.2) is 49.5 Å². The van der Waals surface area contributed by atoms with Gasteiger partial charge in [0.15, 0.2) is 0 Å². The average molecular weight is 524 g/mol. The van der Waals surface area contributed by atoms with E-state index >= 15 is 0 Å². The van der Waals surface area contributed by atoms with Gasteiger partial charge >= 0.3 is 0 Å². The van der Waals surface area contributed by atoms with Crippen LogP contribution in [0.5, 0.6) is 0 Å². The van der Waals surface area contributed by atoms with Crippen molar-refractivity contribution in [3.05, 3.63) is 65.7 Å². The van der Waals surface area contributed by atoms with E-state index in [9.17, 15) is 26.8 Å². The van der Waals surface area contributed by atoms with Gasteiger partial charge in [0.05, 0.1) is 11.9 Å². The summed E-state index contributed by atoms with van der Waals surface area (Å²) < 4.78 is 53.3. The summed E-state index contributed by atoms with van der Waals surface area (Å²) in [6.07, 6.45) is 1.37. The molecule has 0 radical (unpaired) electrons. The Morgan fingerprint density at radius 3 is 2.17 bits per heavy atom. The maximum absolute atomic E-state index is 14.3. The van der Waals surface area contributed by atoms with E-state index in [4.69, 9.17) is 0 Å². The van der Waals surface area contributed by atoms with Gasteiger partial charge in [-0.3, -0.25) is 13.9 Å². The maximum atomic E-state index is 14.3. The molecule has 0 aromatic heterocycles. The Kier molecular flexibility index (Phi) is 9.98. The third-order valence-corrected chi connectivity index (χ3v) is 6.60. The Labute approximate surface area is 212 Å². The lowest BCUT2D eigenvalue weighted by Gasteiger charge is -2.33. The number of hydrogen-bond donors (Lipinski definition) is 1. The molecule has 1 N–H and O–H groups in total. The first kappa shape index (κ1) is 29.2. The lowest BCUT2D eigenvalue weighted by atomic mass is 10.0. The van der Waals surface area contributed by atoms with Crippen LogP contribution in [0, 0.1) is 11.6 Å². The number of benzene rings is 2. The minimum absolute atomic E-state index is 0.0685. The van der Waals surface area contributed by atoms with Gasteiger partial charge in [0.1, 0.15) is 17.7 Å². The van der Waals surface area contributed by atoms with E-state index in [0.29, 0.717) is 12.0 Å². The summed E-state index contributed by atoms with van der Waals surface area (Å²) in [5.41, 5.74) is 0.0488. The van der Waals surface area contributed by atoms with Crippen LogP contribution in [0.3, 0.4) is 0 Å². The number of halogens is 2. The zero-order chi connectivity index (χ0) is 27.1. The number of nitrogens with one attached hydrogen (secondary N) is 1. The van der Waals surface area contributed by atoms with Crippen LogP contribution in [0.2, 0.25) is 0 Å². The molecule has 0 saturated carbocycles. The summed E-state index contributed by atoms with van der Waals surface area (Å²) in [5.74, 6) is -1.78. The Balaban J connectivity index is 2.24. The fraction of sp³-hybridized carbons (Fsp3) is 0.462. The van der Waals surface area contributed by atoms with E-state index in [0.717, 1.165) is 10.6 Å². The number of para-hydroxylation sites is 1. The van der Waals surface area contributed by atoms with Crippen molar-refractivity contribution < 1.29 is 26.8 Å². The van der Waals surface area contributed by atoms with Gasteiger partial charge < -0.3 is 10.2 Å². The molecule has 0 saturated heterocycles. The topological polar surface area (TPSA) is 86.8 Å². The predicted molar refractivity (Wildman–Crippen MR) is 137 cm³/mol. The summed E-state index contributed by atoms with van der Waals surface area (Å²) in [4.78, 5) is 27.8. The smallest absolute Gasteiger partial charge is 0.243 e. The number of carbonyl (C=O) groups excluding carboxylic acids is 2. The number of nitrogens with zero attached hydrogens (tertiary/aromatic N) is 2. The second-order valence-corrected chi connectivity index (χ2v) is 11.6. The molecule has 0 aliphatic carbocycles. The van der Waals surface area contributed by atoms with Crippen molar-refractivity contribution in [2.24, 2.45) is 0 Å². The first-order valence-corrected chi connectivity index (χ1v) is 13.7.